The van der Waals surface area contributed by atoms with E-state index in [-0.39, 0.29) is 12.0 Å². The first-order chi connectivity index (χ1) is 17.7. The number of benzene rings is 2. The second-order valence-electron chi connectivity index (χ2n) is 9.08. The van der Waals surface area contributed by atoms with Crippen molar-refractivity contribution in [2.45, 2.75) is 18.4 Å². The van der Waals surface area contributed by atoms with Gasteiger partial charge in [-0.2, -0.15) is 0 Å². The van der Waals surface area contributed by atoms with Crippen molar-refractivity contribution in [1.29, 1.82) is 0 Å². The molecule has 190 valence electrons. The number of carbonyl (C=O) groups is 2. The van der Waals surface area contributed by atoms with E-state index in [2.05, 4.69) is 10.3 Å². The van der Waals surface area contributed by atoms with Gasteiger partial charge in [0.05, 0.1) is 24.7 Å². The maximum absolute atomic E-state index is 13.1. The zero-order chi connectivity index (χ0) is 26.2. The number of fused-ring (bicyclic) bond motifs is 1. The fourth-order valence-electron chi connectivity index (χ4n) is 4.27. The zero-order valence-corrected chi connectivity index (χ0v) is 20.3. The monoisotopic (exact) mass is 524 g/mol. The Balaban J connectivity index is 1.19. The number of nitrogens with zero attached hydrogens (tertiary/aromatic N) is 2. The van der Waals surface area contributed by atoms with Crippen molar-refractivity contribution in [3.63, 3.8) is 0 Å². The minimum Gasteiger partial charge on any atom is -0.486 e. The molecule has 0 bridgehead atoms. The number of amides is 2. The number of nitrogen functional groups attached to an aromatic ring is 1. The van der Waals surface area contributed by atoms with Gasteiger partial charge in [-0.3, -0.25) is 9.59 Å². The van der Waals surface area contributed by atoms with Crippen LogP contribution in [-0.2, 0) is 11.2 Å². The van der Waals surface area contributed by atoms with Crippen LogP contribution in [0.1, 0.15) is 21.5 Å². The molecule has 5 rings (SSSR count). The molecule has 3 heterocycles. The smallest absolute Gasteiger partial charge is 0.282 e. The highest BCUT2D eigenvalue weighted by molar-refractivity contribution is 6.32. The van der Waals surface area contributed by atoms with Crippen molar-refractivity contribution in [1.82, 2.24) is 15.2 Å². The summed E-state index contributed by atoms with van der Waals surface area (Å²) in [7, 11) is 0. The van der Waals surface area contributed by atoms with Gasteiger partial charge >= 0.3 is 0 Å². The molecule has 1 unspecified atom stereocenters. The molecule has 0 aliphatic carbocycles. The van der Waals surface area contributed by atoms with Gasteiger partial charge in [0.2, 0.25) is 5.91 Å². The average molecular weight is 525 g/mol. The minimum absolute atomic E-state index is 0.264. The molecule has 0 spiro atoms. The summed E-state index contributed by atoms with van der Waals surface area (Å²) in [6.45, 7) is -0.798. The first-order valence-corrected chi connectivity index (χ1v) is 12.0. The fourth-order valence-corrected chi connectivity index (χ4v) is 4.56. The molecule has 2 amide bonds. The number of hydrogen-bond donors (Lipinski definition) is 2. The van der Waals surface area contributed by atoms with Crippen molar-refractivity contribution in [2.24, 2.45) is 0 Å². The minimum atomic E-state index is -2.80. The highest BCUT2D eigenvalue weighted by atomic mass is 35.5. The molecule has 2 aliphatic rings. The molecule has 3 N–H and O–H groups in total. The third kappa shape index (κ3) is 5.56. The van der Waals surface area contributed by atoms with E-state index in [4.69, 9.17) is 22.1 Å². The van der Waals surface area contributed by atoms with Crippen LogP contribution in [0.4, 0.5) is 14.6 Å². The van der Waals surface area contributed by atoms with Crippen LogP contribution in [0.2, 0.25) is 5.02 Å². The predicted octanol–water partition coefficient (Wildman–Crippen LogP) is 4.21. The molecule has 2 aliphatic heterocycles. The number of pyridine rings is 1. The van der Waals surface area contributed by atoms with Gasteiger partial charge in [0.15, 0.2) is 0 Å². The SMILES string of the molecule is Nc1ccc(C=CC(=O)NCC2Cc3cc(-c4ccc(C(=O)N5CC(F)(F)C5)cc4)cc(Cl)c3O2)cn1. The Morgan fingerprint density at radius 2 is 1.92 bits per heavy atom. The van der Waals surface area contributed by atoms with Gasteiger partial charge in [0.25, 0.3) is 11.8 Å². The van der Waals surface area contributed by atoms with Crippen molar-refractivity contribution in [3.8, 4) is 16.9 Å². The molecule has 37 heavy (non-hydrogen) atoms. The van der Waals surface area contributed by atoms with E-state index in [1.165, 1.54) is 6.08 Å². The number of likely N-dealkylation sites (tertiary alicyclic amines) is 1. The molecular weight excluding hydrogens is 502 g/mol. The van der Waals surface area contributed by atoms with Crippen LogP contribution in [0, 0.1) is 0 Å². The number of aromatic nitrogens is 1. The first-order valence-electron chi connectivity index (χ1n) is 11.6. The molecule has 7 nitrogen and oxygen atoms in total. The number of alkyl halides is 2. The second kappa shape index (κ2) is 9.82. The number of nitrogens with two attached hydrogens (primary N) is 1. The van der Waals surface area contributed by atoms with Crippen LogP contribution in [0.25, 0.3) is 17.2 Å². The third-order valence-electron chi connectivity index (χ3n) is 6.19. The van der Waals surface area contributed by atoms with Crippen molar-refractivity contribution in [3.05, 3.63) is 82.5 Å². The molecule has 1 saturated heterocycles. The molecule has 2 aromatic carbocycles. The summed E-state index contributed by atoms with van der Waals surface area (Å²) in [5.74, 6) is -2.49. The fraction of sp³-hybridized carbons (Fsp3) is 0.222. The Labute approximate surface area is 216 Å². The molecule has 1 atom stereocenters. The van der Waals surface area contributed by atoms with Gasteiger partial charge in [0.1, 0.15) is 17.7 Å². The maximum Gasteiger partial charge on any atom is 0.282 e. The Morgan fingerprint density at radius 1 is 1.16 bits per heavy atom. The van der Waals surface area contributed by atoms with E-state index in [9.17, 15) is 18.4 Å². The van der Waals surface area contributed by atoms with E-state index < -0.39 is 24.9 Å². The molecule has 3 aromatic rings. The molecule has 0 saturated carbocycles. The van der Waals surface area contributed by atoms with Gasteiger partial charge in [-0.1, -0.05) is 23.7 Å². The number of ether oxygens (including phenoxy) is 1. The Hall–Kier alpha value is -3.98. The van der Waals surface area contributed by atoms with Gasteiger partial charge in [0, 0.05) is 29.8 Å². The van der Waals surface area contributed by atoms with E-state index in [0.29, 0.717) is 35.1 Å². The van der Waals surface area contributed by atoms with Crippen LogP contribution in [0.15, 0.2) is 60.8 Å². The predicted molar refractivity (Wildman–Crippen MR) is 137 cm³/mol. The highest BCUT2D eigenvalue weighted by Gasteiger charge is 2.46. The lowest BCUT2D eigenvalue weighted by atomic mass is 9.99. The highest BCUT2D eigenvalue weighted by Crippen LogP contribution is 2.39. The van der Waals surface area contributed by atoms with Crippen LogP contribution >= 0.6 is 11.6 Å². The van der Waals surface area contributed by atoms with Crippen LogP contribution in [0.5, 0.6) is 5.75 Å². The van der Waals surface area contributed by atoms with Crippen molar-refractivity contribution in [2.75, 3.05) is 25.4 Å². The largest absolute Gasteiger partial charge is 0.486 e. The number of anilines is 1. The summed E-state index contributed by atoms with van der Waals surface area (Å²) in [6, 6.07) is 13.9. The zero-order valence-electron chi connectivity index (χ0n) is 19.6. The Bertz CT molecular complexity index is 1370. The van der Waals surface area contributed by atoms with Crippen molar-refractivity contribution >= 4 is 35.3 Å². The normalized spacial score (nSPS) is 17.7. The van der Waals surface area contributed by atoms with E-state index in [0.717, 1.165) is 27.2 Å². The van der Waals surface area contributed by atoms with Gasteiger partial charge in [-0.25, -0.2) is 13.8 Å². The van der Waals surface area contributed by atoms with E-state index in [1.54, 1.807) is 54.7 Å². The molecule has 0 radical (unpaired) electrons. The number of hydrogen-bond acceptors (Lipinski definition) is 5. The average Bonchev–Trinajstić information content (AvgIpc) is 3.29. The summed E-state index contributed by atoms with van der Waals surface area (Å²) in [4.78, 5) is 29.7. The summed E-state index contributed by atoms with van der Waals surface area (Å²) in [6.07, 6.45) is 4.94. The number of halogens is 3. The lowest BCUT2D eigenvalue weighted by Gasteiger charge is -2.38. The van der Waals surface area contributed by atoms with Crippen molar-refractivity contribution < 1.29 is 23.1 Å². The first kappa shape index (κ1) is 24.7. The van der Waals surface area contributed by atoms with Crippen LogP contribution < -0.4 is 15.8 Å². The molecule has 1 fully saturated rings. The number of nitrogens with one attached hydrogen (secondary N) is 1. The van der Waals surface area contributed by atoms with Gasteiger partial charge in [-0.05, 0) is 59.2 Å². The van der Waals surface area contributed by atoms with Gasteiger partial charge in [-0.15, -0.1) is 0 Å². The lowest BCUT2D eigenvalue weighted by molar-refractivity contribution is -0.116. The molecule has 1 aromatic heterocycles. The van der Waals surface area contributed by atoms with Gasteiger partial charge < -0.3 is 20.7 Å². The van der Waals surface area contributed by atoms with Crippen LogP contribution in [-0.4, -0.2) is 53.4 Å². The van der Waals surface area contributed by atoms with E-state index in [1.807, 2.05) is 6.07 Å². The van der Waals surface area contributed by atoms with Crippen LogP contribution in [0.3, 0.4) is 0 Å². The second-order valence-corrected chi connectivity index (χ2v) is 9.49. The summed E-state index contributed by atoms with van der Waals surface area (Å²) in [5.41, 5.74) is 9.25. The standard InChI is InChI=1S/C27H23ClF2N4O3/c28-22-11-19(17-3-5-18(6-4-17)26(36)34-14-27(29,30)15-34)9-20-10-21(37-25(20)22)13-33-24(35)8-2-16-1-7-23(31)32-12-16/h1-9,11-12,21H,10,13-15H2,(H2,31,32)(H,33,35). The quantitative estimate of drug-likeness (QED) is 0.471. The summed E-state index contributed by atoms with van der Waals surface area (Å²) < 4.78 is 32.1. The molecule has 10 heteroatoms. The Morgan fingerprint density at radius 3 is 2.59 bits per heavy atom. The van der Waals surface area contributed by atoms with E-state index >= 15 is 0 Å². The Kier molecular flexibility index (Phi) is 6.55. The summed E-state index contributed by atoms with van der Waals surface area (Å²) >= 11 is 6.49. The third-order valence-corrected chi connectivity index (χ3v) is 6.47. The summed E-state index contributed by atoms with van der Waals surface area (Å²) in [5, 5.41) is 3.27. The number of carbonyl (C=O) groups excluding carboxylic acids is 2. The molecular formula is C27H23ClF2N4O3. The lowest BCUT2D eigenvalue weighted by Crippen LogP contribution is -2.58. The topological polar surface area (TPSA) is 97.5 Å². The maximum atomic E-state index is 13.1. The number of rotatable bonds is 6.